The first-order chi connectivity index (χ1) is 8.96. The van der Waals surface area contributed by atoms with Crippen molar-refractivity contribution in [3.63, 3.8) is 0 Å². The average molecular weight is 291 g/mol. The molecule has 2 rings (SSSR count). The second-order valence-corrected chi connectivity index (χ2v) is 7.40. The van der Waals surface area contributed by atoms with Crippen molar-refractivity contribution in [1.82, 2.24) is 8.61 Å². The Labute approximate surface area is 116 Å². The molecule has 0 aliphatic carbocycles. The van der Waals surface area contributed by atoms with Gasteiger partial charge in [-0.1, -0.05) is 6.42 Å². The van der Waals surface area contributed by atoms with E-state index < -0.39 is 10.2 Å². The van der Waals surface area contributed by atoms with Crippen LogP contribution < -0.4 is 5.73 Å². The van der Waals surface area contributed by atoms with Gasteiger partial charge in [0.25, 0.3) is 10.2 Å². The maximum Gasteiger partial charge on any atom is 0.282 e. The summed E-state index contributed by atoms with van der Waals surface area (Å²) in [5.41, 5.74) is 5.73. The number of nitrogens with zero attached hydrogens (tertiary/aromatic N) is 2. The first kappa shape index (κ1) is 15.2. The summed E-state index contributed by atoms with van der Waals surface area (Å²) in [6.07, 6.45) is 2.80. The number of hydrogen-bond acceptors (Lipinski definition) is 4. The van der Waals surface area contributed by atoms with Crippen LogP contribution in [0.2, 0.25) is 0 Å². The Kier molecular flexibility index (Phi) is 4.84. The summed E-state index contributed by atoms with van der Waals surface area (Å²) in [7, 11) is -3.42. The van der Waals surface area contributed by atoms with Gasteiger partial charge in [0.15, 0.2) is 0 Å². The monoisotopic (exact) mass is 291 g/mol. The molecule has 0 aromatic carbocycles. The van der Waals surface area contributed by atoms with Crippen molar-refractivity contribution < 1.29 is 13.2 Å². The third-order valence-corrected chi connectivity index (χ3v) is 6.16. The third-order valence-electron chi connectivity index (χ3n) is 3.99. The Morgan fingerprint density at radius 1 is 1.26 bits per heavy atom. The normalized spacial score (nSPS) is 35.4. The Balaban J connectivity index is 2.19. The first-order valence-corrected chi connectivity index (χ1v) is 8.46. The number of ether oxygens (including phenoxy) is 1. The average Bonchev–Trinajstić information content (AvgIpc) is 2.41. The van der Waals surface area contributed by atoms with E-state index in [2.05, 4.69) is 0 Å². The quantitative estimate of drug-likeness (QED) is 0.803. The molecule has 0 bridgehead atoms. The molecular weight excluding hydrogens is 266 g/mol. The zero-order chi connectivity index (χ0) is 14.0. The van der Waals surface area contributed by atoms with E-state index in [9.17, 15) is 8.42 Å². The van der Waals surface area contributed by atoms with Gasteiger partial charge < -0.3 is 10.5 Å². The molecule has 0 saturated carbocycles. The van der Waals surface area contributed by atoms with Crippen LogP contribution in [-0.4, -0.2) is 61.5 Å². The largest absolute Gasteiger partial charge is 0.375 e. The predicted octanol–water partition coefficient (Wildman–Crippen LogP) is 0.154. The van der Waals surface area contributed by atoms with E-state index in [1.807, 2.05) is 13.8 Å². The van der Waals surface area contributed by atoms with Crippen LogP contribution in [-0.2, 0) is 14.9 Å². The number of piperidine rings is 1. The van der Waals surface area contributed by atoms with Gasteiger partial charge in [0.05, 0.1) is 12.7 Å². The number of rotatable bonds is 3. The minimum Gasteiger partial charge on any atom is -0.375 e. The molecule has 112 valence electrons. The highest BCUT2D eigenvalue weighted by atomic mass is 32.2. The molecule has 0 radical (unpaired) electrons. The first-order valence-electron chi connectivity index (χ1n) is 7.07. The number of morpholine rings is 1. The molecule has 0 unspecified atom stereocenters. The maximum atomic E-state index is 12.8. The molecule has 2 N–H and O–H groups in total. The molecule has 6 nitrogen and oxygen atoms in total. The van der Waals surface area contributed by atoms with E-state index in [1.54, 1.807) is 8.61 Å². The van der Waals surface area contributed by atoms with Crippen LogP contribution in [0.25, 0.3) is 0 Å². The molecule has 0 aromatic heterocycles. The topological polar surface area (TPSA) is 75.9 Å². The summed E-state index contributed by atoms with van der Waals surface area (Å²) in [5, 5.41) is 0. The lowest BCUT2D eigenvalue weighted by molar-refractivity contribution is -0.0198. The maximum absolute atomic E-state index is 12.8. The second kappa shape index (κ2) is 6.05. The molecular formula is C12H25N3O3S. The third kappa shape index (κ3) is 3.11. The minimum absolute atomic E-state index is 0.0490. The van der Waals surface area contributed by atoms with Gasteiger partial charge in [0.2, 0.25) is 0 Å². The zero-order valence-electron chi connectivity index (χ0n) is 11.8. The highest BCUT2D eigenvalue weighted by molar-refractivity contribution is 7.86. The molecule has 2 heterocycles. The molecule has 2 saturated heterocycles. The predicted molar refractivity (Wildman–Crippen MR) is 73.9 cm³/mol. The van der Waals surface area contributed by atoms with Gasteiger partial charge in [-0.3, -0.25) is 0 Å². The fourth-order valence-electron chi connectivity index (χ4n) is 2.84. The van der Waals surface area contributed by atoms with E-state index in [0.717, 1.165) is 19.3 Å². The van der Waals surface area contributed by atoms with Crippen LogP contribution in [0.3, 0.4) is 0 Å². The fraction of sp³-hybridized carbons (Fsp3) is 1.00. The highest BCUT2D eigenvalue weighted by Gasteiger charge is 2.40. The van der Waals surface area contributed by atoms with Gasteiger partial charge in [-0.05, 0) is 26.7 Å². The van der Waals surface area contributed by atoms with Crippen LogP contribution in [0.5, 0.6) is 0 Å². The summed E-state index contributed by atoms with van der Waals surface area (Å²) in [6, 6.07) is -0.161. The summed E-state index contributed by atoms with van der Waals surface area (Å²) >= 11 is 0. The minimum atomic E-state index is -3.42. The standard InChI is InChI=1S/C12H25N3O3S/c1-10-9-18-11(2)8-15(10)19(16,17)14-6-4-3-5-12(14)7-13/h10-12H,3-9,13H2,1-2H3/t10-,11-,12-/m1/s1. The van der Waals surface area contributed by atoms with Crippen molar-refractivity contribution in [2.45, 2.75) is 51.3 Å². The lowest BCUT2D eigenvalue weighted by Gasteiger charge is -2.42. The van der Waals surface area contributed by atoms with Gasteiger partial charge in [0, 0.05) is 31.7 Å². The molecule has 2 aliphatic heterocycles. The van der Waals surface area contributed by atoms with Gasteiger partial charge in [0.1, 0.15) is 0 Å². The Bertz CT molecular complexity index is 393. The molecule has 0 aromatic rings. The molecule has 0 amide bonds. The van der Waals surface area contributed by atoms with Crippen molar-refractivity contribution in [2.75, 3.05) is 26.2 Å². The van der Waals surface area contributed by atoms with Gasteiger partial charge >= 0.3 is 0 Å². The molecule has 2 aliphatic rings. The second-order valence-electron chi connectivity index (χ2n) is 5.57. The number of nitrogens with two attached hydrogens (primary N) is 1. The van der Waals surface area contributed by atoms with E-state index in [-0.39, 0.29) is 18.2 Å². The fourth-order valence-corrected chi connectivity index (χ4v) is 4.95. The van der Waals surface area contributed by atoms with E-state index in [0.29, 0.717) is 26.2 Å². The van der Waals surface area contributed by atoms with Crippen LogP contribution in [0.1, 0.15) is 33.1 Å². The highest BCUT2D eigenvalue weighted by Crippen LogP contribution is 2.25. The molecule has 0 spiro atoms. The SMILES string of the molecule is C[C@@H]1CN(S(=O)(=O)N2CCCC[C@@H]2CN)[C@H](C)CO1. The van der Waals surface area contributed by atoms with E-state index in [1.165, 1.54) is 0 Å². The van der Waals surface area contributed by atoms with Gasteiger partial charge in [-0.25, -0.2) is 0 Å². The molecule has 7 heteroatoms. The van der Waals surface area contributed by atoms with Gasteiger partial charge in [-0.15, -0.1) is 0 Å². The van der Waals surface area contributed by atoms with Crippen molar-refractivity contribution in [1.29, 1.82) is 0 Å². The van der Waals surface area contributed by atoms with Crippen LogP contribution in [0.4, 0.5) is 0 Å². The summed E-state index contributed by atoms with van der Waals surface area (Å²) in [4.78, 5) is 0. The summed E-state index contributed by atoms with van der Waals surface area (Å²) in [5.74, 6) is 0. The summed E-state index contributed by atoms with van der Waals surface area (Å²) in [6.45, 7) is 5.67. The lowest BCUT2D eigenvalue weighted by Crippen LogP contribution is -2.58. The lowest BCUT2D eigenvalue weighted by atomic mass is 10.1. The van der Waals surface area contributed by atoms with E-state index in [4.69, 9.17) is 10.5 Å². The molecule has 19 heavy (non-hydrogen) atoms. The Hall–Kier alpha value is -0.210. The molecule has 3 atom stereocenters. The van der Waals surface area contributed by atoms with Crippen molar-refractivity contribution in [2.24, 2.45) is 5.73 Å². The summed E-state index contributed by atoms with van der Waals surface area (Å²) < 4.78 is 34.3. The Morgan fingerprint density at radius 3 is 2.68 bits per heavy atom. The zero-order valence-corrected chi connectivity index (χ0v) is 12.6. The van der Waals surface area contributed by atoms with Crippen LogP contribution in [0.15, 0.2) is 0 Å². The van der Waals surface area contributed by atoms with Crippen LogP contribution >= 0.6 is 0 Å². The van der Waals surface area contributed by atoms with Crippen molar-refractivity contribution in [3.8, 4) is 0 Å². The van der Waals surface area contributed by atoms with E-state index >= 15 is 0 Å². The van der Waals surface area contributed by atoms with Crippen molar-refractivity contribution in [3.05, 3.63) is 0 Å². The van der Waals surface area contributed by atoms with Gasteiger partial charge in [-0.2, -0.15) is 17.0 Å². The van der Waals surface area contributed by atoms with Crippen molar-refractivity contribution >= 4 is 10.2 Å². The molecule has 2 fully saturated rings. The van der Waals surface area contributed by atoms with Crippen LogP contribution in [0, 0.1) is 0 Å². The number of hydrogen-bond donors (Lipinski definition) is 1. The smallest absolute Gasteiger partial charge is 0.282 e. The Morgan fingerprint density at radius 2 is 2.00 bits per heavy atom.